The summed E-state index contributed by atoms with van der Waals surface area (Å²) in [7, 11) is 0. The smallest absolute Gasteiger partial charge is 0.125 e. The Morgan fingerprint density at radius 3 is 2.83 bits per heavy atom. The van der Waals surface area contributed by atoms with Gasteiger partial charge in [-0.05, 0) is 43.4 Å². The zero-order valence-corrected chi connectivity index (χ0v) is 10.8. The lowest BCUT2D eigenvalue weighted by molar-refractivity contribution is 0.407. The highest BCUT2D eigenvalue weighted by atomic mass is 19.1. The van der Waals surface area contributed by atoms with Crippen LogP contribution in [0.2, 0.25) is 0 Å². The highest BCUT2D eigenvalue weighted by Gasteiger charge is 2.30. The molecule has 0 bridgehead atoms. The predicted octanol–water partition coefficient (Wildman–Crippen LogP) is 2.85. The van der Waals surface area contributed by atoms with Gasteiger partial charge in [-0.3, -0.25) is 0 Å². The number of hydrogen-bond donors (Lipinski definition) is 1. The van der Waals surface area contributed by atoms with Gasteiger partial charge in [0.1, 0.15) is 5.82 Å². The third-order valence-electron chi connectivity index (χ3n) is 4.52. The molecule has 0 aromatic heterocycles. The topological polar surface area (TPSA) is 29.3 Å². The van der Waals surface area contributed by atoms with Gasteiger partial charge >= 0.3 is 0 Å². The molecule has 0 spiro atoms. The van der Waals surface area contributed by atoms with Gasteiger partial charge in [0, 0.05) is 24.3 Å². The Bertz CT molecular complexity index is 438. The summed E-state index contributed by atoms with van der Waals surface area (Å²) in [5.74, 6) is -0.135. The molecular formula is C15H21FN2. The standard InChI is InChI=1S/C15H21FN2/c16-13-4-3-12-5-9-18(14(12)11-13)10-8-15(17)6-1-2-7-15/h3-4,11H,1-2,5-10,17H2. The van der Waals surface area contributed by atoms with Gasteiger partial charge < -0.3 is 10.6 Å². The third kappa shape index (κ3) is 2.24. The van der Waals surface area contributed by atoms with Crippen LogP contribution in [0.3, 0.4) is 0 Å². The number of anilines is 1. The van der Waals surface area contributed by atoms with Gasteiger partial charge in [-0.2, -0.15) is 0 Å². The predicted molar refractivity (Wildman–Crippen MR) is 72.3 cm³/mol. The van der Waals surface area contributed by atoms with Crippen LogP contribution in [-0.4, -0.2) is 18.6 Å². The maximum atomic E-state index is 13.3. The lowest BCUT2D eigenvalue weighted by Gasteiger charge is -2.28. The molecule has 1 saturated carbocycles. The van der Waals surface area contributed by atoms with Gasteiger partial charge in [0.15, 0.2) is 0 Å². The molecule has 1 aromatic carbocycles. The molecule has 0 amide bonds. The molecular weight excluding hydrogens is 227 g/mol. The summed E-state index contributed by atoms with van der Waals surface area (Å²) >= 11 is 0. The summed E-state index contributed by atoms with van der Waals surface area (Å²) in [4.78, 5) is 2.30. The van der Waals surface area contributed by atoms with Crippen molar-refractivity contribution in [2.24, 2.45) is 5.73 Å². The van der Waals surface area contributed by atoms with E-state index in [9.17, 15) is 4.39 Å². The molecule has 3 heteroatoms. The van der Waals surface area contributed by atoms with E-state index in [4.69, 9.17) is 5.73 Å². The molecule has 2 nitrogen and oxygen atoms in total. The minimum atomic E-state index is -0.135. The first-order valence-electron chi connectivity index (χ1n) is 6.99. The average molecular weight is 248 g/mol. The summed E-state index contributed by atoms with van der Waals surface area (Å²) in [5, 5.41) is 0. The molecule has 1 fully saturated rings. The monoisotopic (exact) mass is 248 g/mol. The molecule has 0 saturated heterocycles. The van der Waals surface area contributed by atoms with Crippen molar-refractivity contribution >= 4 is 5.69 Å². The van der Waals surface area contributed by atoms with Crippen LogP contribution in [-0.2, 0) is 6.42 Å². The summed E-state index contributed by atoms with van der Waals surface area (Å²) in [5.41, 5.74) is 8.78. The van der Waals surface area contributed by atoms with Crippen LogP contribution in [0.15, 0.2) is 18.2 Å². The van der Waals surface area contributed by atoms with Crippen molar-refractivity contribution in [1.29, 1.82) is 0 Å². The van der Waals surface area contributed by atoms with Gasteiger partial charge in [-0.25, -0.2) is 4.39 Å². The Morgan fingerprint density at radius 1 is 1.28 bits per heavy atom. The summed E-state index contributed by atoms with van der Waals surface area (Å²) in [6.45, 7) is 1.97. The first-order chi connectivity index (χ1) is 8.66. The largest absolute Gasteiger partial charge is 0.371 e. The second-order valence-corrected chi connectivity index (χ2v) is 5.83. The van der Waals surface area contributed by atoms with Crippen molar-refractivity contribution < 1.29 is 4.39 Å². The first kappa shape index (κ1) is 12.0. The molecule has 98 valence electrons. The summed E-state index contributed by atoms with van der Waals surface area (Å²) in [6.07, 6.45) is 6.90. The lowest BCUT2D eigenvalue weighted by Crippen LogP contribution is -2.40. The first-order valence-corrected chi connectivity index (χ1v) is 6.99. The third-order valence-corrected chi connectivity index (χ3v) is 4.52. The van der Waals surface area contributed by atoms with E-state index in [0.29, 0.717) is 0 Å². The number of halogens is 1. The van der Waals surface area contributed by atoms with Crippen molar-refractivity contribution in [3.8, 4) is 0 Å². The van der Waals surface area contributed by atoms with Crippen LogP contribution in [0.1, 0.15) is 37.7 Å². The van der Waals surface area contributed by atoms with E-state index in [2.05, 4.69) is 4.90 Å². The Balaban J connectivity index is 1.67. The van der Waals surface area contributed by atoms with Crippen molar-refractivity contribution in [1.82, 2.24) is 0 Å². The van der Waals surface area contributed by atoms with Crippen LogP contribution in [0, 0.1) is 5.82 Å². The fraction of sp³-hybridized carbons (Fsp3) is 0.600. The molecule has 2 N–H and O–H groups in total. The van der Waals surface area contributed by atoms with Gasteiger partial charge in [0.05, 0.1) is 0 Å². The maximum Gasteiger partial charge on any atom is 0.125 e. The Labute approximate surface area is 108 Å². The molecule has 1 aromatic rings. The van der Waals surface area contributed by atoms with Crippen LogP contribution < -0.4 is 10.6 Å². The van der Waals surface area contributed by atoms with Crippen molar-refractivity contribution in [3.05, 3.63) is 29.6 Å². The number of hydrogen-bond acceptors (Lipinski definition) is 2. The zero-order chi connectivity index (χ0) is 12.6. The molecule has 0 unspecified atom stereocenters. The number of rotatable bonds is 3. The molecule has 18 heavy (non-hydrogen) atoms. The van der Waals surface area contributed by atoms with Gasteiger partial charge in [-0.1, -0.05) is 18.9 Å². The summed E-state index contributed by atoms with van der Waals surface area (Å²) in [6, 6.07) is 5.14. The second kappa shape index (κ2) is 4.54. The van der Waals surface area contributed by atoms with E-state index in [0.717, 1.165) is 44.5 Å². The van der Waals surface area contributed by atoms with E-state index in [1.807, 2.05) is 6.07 Å². The molecule has 1 aliphatic carbocycles. The van der Waals surface area contributed by atoms with E-state index in [1.165, 1.54) is 18.4 Å². The summed E-state index contributed by atoms with van der Waals surface area (Å²) < 4.78 is 13.3. The zero-order valence-electron chi connectivity index (χ0n) is 10.8. The minimum absolute atomic E-state index is 0.0378. The van der Waals surface area contributed by atoms with E-state index >= 15 is 0 Å². The highest BCUT2D eigenvalue weighted by Crippen LogP contribution is 2.33. The van der Waals surface area contributed by atoms with Crippen molar-refractivity contribution in [2.75, 3.05) is 18.0 Å². The Kier molecular flexibility index (Phi) is 3.02. The Hall–Kier alpha value is -1.09. The number of nitrogens with zero attached hydrogens (tertiary/aromatic N) is 1. The van der Waals surface area contributed by atoms with E-state index < -0.39 is 0 Å². The molecule has 3 rings (SSSR count). The quantitative estimate of drug-likeness (QED) is 0.891. The molecule has 1 heterocycles. The SMILES string of the molecule is NC1(CCN2CCc3ccc(F)cc32)CCCC1. The fourth-order valence-electron chi connectivity index (χ4n) is 3.34. The molecule has 2 aliphatic rings. The van der Waals surface area contributed by atoms with Crippen LogP contribution in [0.25, 0.3) is 0 Å². The van der Waals surface area contributed by atoms with Gasteiger partial charge in [0.25, 0.3) is 0 Å². The van der Waals surface area contributed by atoms with Crippen molar-refractivity contribution in [3.63, 3.8) is 0 Å². The Morgan fingerprint density at radius 2 is 2.06 bits per heavy atom. The van der Waals surface area contributed by atoms with E-state index in [1.54, 1.807) is 12.1 Å². The molecule has 1 aliphatic heterocycles. The number of fused-ring (bicyclic) bond motifs is 1. The fourth-order valence-corrected chi connectivity index (χ4v) is 3.34. The molecule has 0 radical (unpaired) electrons. The normalized spacial score (nSPS) is 21.3. The van der Waals surface area contributed by atoms with Crippen LogP contribution in [0.5, 0.6) is 0 Å². The van der Waals surface area contributed by atoms with E-state index in [-0.39, 0.29) is 11.4 Å². The van der Waals surface area contributed by atoms with Gasteiger partial charge in [0.2, 0.25) is 0 Å². The molecule has 0 atom stereocenters. The van der Waals surface area contributed by atoms with Crippen LogP contribution in [0.4, 0.5) is 10.1 Å². The lowest BCUT2D eigenvalue weighted by atomic mass is 9.94. The number of nitrogens with two attached hydrogens (primary N) is 1. The van der Waals surface area contributed by atoms with Crippen molar-refractivity contribution in [2.45, 2.75) is 44.1 Å². The second-order valence-electron chi connectivity index (χ2n) is 5.83. The number of benzene rings is 1. The minimum Gasteiger partial charge on any atom is -0.371 e. The maximum absolute atomic E-state index is 13.3. The van der Waals surface area contributed by atoms with Crippen LogP contribution >= 0.6 is 0 Å². The average Bonchev–Trinajstić information content (AvgIpc) is 2.94. The van der Waals surface area contributed by atoms with Gasteiger partial charge in [-0.15, -0.1) is 0 Å². The highest BCUT2D eigenvalue weighted by molar-refractivity contribution is 5.58.